The summed E-state index contributed by atoms with van der Waals surface area (Å²) in [4.78, 5) is 47.1. The largest absolute Gasteiger partial charge is 0.507 e. The summed E-state index contributed by atoms with van der Waals surface area (Å²) in [5.74, 6) is -3.62. The number of rotatable bonds is 13. The first-order chi connectivity index (χ1) is 19.6. The van der Waals surface area contributed by atoms with Crippen LogP contribution in [-0.4, -0.2) is 68.9 Å². The number of hydrogen-bond donors (Lipinski definition) is 5. The summed E-state index contributed by atoms with van der Waals surface area (Å²) < 4.78 is 6.18. The highest BCUT2D eigenvalue weighted by Crippen LogP contribution is 2.43. The Kier molecular flexibility index (Phi) is 9.00. The summed E-state index contributed by atoms with van der Waals surface area (Å²) in [6.07, 6.45) is 0.287. The van der Waals surface area contributed by atoms with E-state index in [9.17, 15) is 29.4 Å². The molecule has 5 N–H and O–H groups in total. The van der Waals surface area contributed by atoms with Crippen molar-refractivity contribution in [2.45, 2.75) is 32.4 Å². The maximum Gasteiger partial charge on any atom is 0.320 e. The van der Waals surface area contributed by atoms with E-state index in [2.05, 4.69) is 5.32 Å². The van der Waals surface area contributed by atoms with Crippen LogP contribution in [0.25, 0.3) is 33.4 Å². The Hall–Kier alpha value is -4.74. The van der Waals surface area contributed by atoms with Gasteiger partial charge in [-0.15, -0.1) is 0 Å². The van der Waals surface area contributed by atoms with Gasteiger partial charge in [0.1, 0.15) is 23.1 Å². The minimum Gasteiger partial charge on any atom is -0.507 e. The van der Waals surface area contributed by atoms with Crippen molar-refractivity contribution in [3.05, 3.63) is 75.9 Å². The summed E-state index contributed by atoms with van der Waals surface area (Å²) in [6, 6.07) is 14.5. The predicted octanol–water partition coefficient (Wildman–Crippen LogP) is 3.37. The zero-order valence-corrected chi connectivity index (χ0v) is 22.3. The molecule has 1 aliphatic carbocycles. The molecule has 2 aromatic rings. The third-order valence-electron chi connectivity index (χ3n) is 6.89. The van der Waals surface area contributed by atoms with Crippen molar-refractivity contribution in [1.82, 2.24) is 10.2 Å². The van der Waals surface area contributed by atoms with Gasteiger partial charge in [0.05, 0.1) is 18.7 Å². The normalized spacial score (nSPS) is 12.1. The number of hydrogen-bond acceptors (Lipinski definition) is 8. The summed E-state index contributed by atoms with van der Waals surface area (Å²) in [5.41, 5.74) is 4.21. The number of carbonyl (C=O) groups is 3. The summed E-state index contributed by atoms with van der Waals surface area (Å²) in [5, 5.41) is 42.4. The predicted molar refractivity (Wildman–Crippen MR) is 150 cm³/mol. The Balaban J connectivity index is 1.60. The van der Waals surface area contributed by atoms with E-state index < -0.39 is 37.0 Å². The van der Waals surface area contributed by atoms with Gasteiger partial charge in [-0.3, -0.25) is 24.1 Å². The van der Waals surface area contributed by atoms with Gasteiger partial charge >= 0.3 is 17.9 Å². The Morgan fingerprint density at radius 2 is 1.66 bits per heavy atom. The molecule has 214 valence electrons. The number of carboxylic acids is 3. The topological polar surface area (TPSA) is 178 Å². The van der Waals surface area contributed by atoms with Gasteiger partial charge < -0.3 is 30.2 Å². The van der Waals surface area contributed by atoms with Gasteiger partial charge in [0.2, 0.25) is 0 Å². The van der Waals surface area contributed by atoms with E-state index >= 15 is 0 Å². The van der Waals surface area contributed by atoms with Crippen molar-refractivity contribution in [3.8, 4) is 28.2 Å². The first kappa shape index (κ1) is 29.2. The van der Waals surface area contributed by atoms with Gasteiger partial charge in [-0.2, -0.15) is 0 Å². The molecule has 1 atom stereocenters. The summed E-state index contributed by atoms with van der Waals surface area (Å²) >= 11 is 0. The number of phenols is 1. The number of aromatic hydroxyl groups is 1. The van der Waals surface area contributed by atoms with Crippen molar-refractivity contribution >= 4 is 28.9 Å². The van der Waals surface area contributed by atoms with Crippen LogP contribution >= 0.6 is 0 Å². The molecule has 2 aliphatic rings. The van der Waals surface area contributed by atoms with Gasteiger partial charge in [-0.25, -0.2) is 0 Å². The van der Waals surface area contributed by atoms with Crippen LogP contribution in [0.1, 0.15) is 24.0 Å². The van der Waals surface area contributed by atoms with Crippen LogP contribution in [0.2, 0.25) is 0 Å². The molecule has 0 spiro atoms. The van der Waals surface area contributed by atoms with E-state index in [4.69, 9.17) is 14.6 Å². The van der Waals surface area contributed by atoms with Crippen LogP contribution in [0.5, 0.6) is 5.75 Å². The molecule has 11 heteroatoms. The monoisotopic (exact) mass is 562 g/mol. The number of benzene rings is 3. The highest BCUT2D eigenvalue weighted by atomic mass is 16.4. The number of carboxylic acid groups (broad SMARTS) is 3. The third-order valence-corrected chi connectivity index (χ3v) is 6.89. The van der Waals surface area contributed by atoms with Crippen LogP contribution < -0.4 is 10.7 Å². The average Bonchev–Trinajstić information content (AvgIpc) is 2.89. The molecule has 0 radical (unpaired) electrons. The quantitative estimate of drug-likeness (QED) is 0.119. The SMILES string of the molecule is Cc1ccccc1-c1c2ccc(=O)cc-2oc2c(CNCCCC(C(=O)O)N(CC(=O)O)CC(=O)O)c(O)ccc12. The molecule has 11 nitrogen and oxygen atoms in total. The van der Waals surface area contributed by atoms with Crippen molar-refractivity contribution in [1.29, 1.82) is 0 Å². The number of fused-ring (bicyclic) bond motifs is 2. The number of aliphatic carboxylic acids is 3. The van der Waals surface area contributed by atoms with Crippen LogP contribution in [0.3, 0.4) is 0 Å². The highest BCUT2D eigenvalue weighted by molar-refractivity contribution is 6.03. The number of aryl methyl sites for hydroxylation is 1. The zero-order chi connectivity index (χ0) is 29.7. The second-order valence-corrected chi connectivity index (χ2v) is 9.76. The number of phenolic OH excluding ortho intramolecular Hbond substituents is 1. The first-order valence-corrected chi connectivity index (χ1v) is 13.0. The summed E-state index contributed by atoms with van der Waals surface area (Å²) in [7, 11) is 0. The van der Waals surface area contributed by atoms with E-state index in [0.29, 0.717) is 16.9 Å². The molecule has 4 rings (SSSR count). The third kappa shape index (κ3) is 6.71. The first-order valence-electron chi connectivity index (χ1n) is 13.0. The Labute approximate surface area is 234 Å². The van der Waals surface area contributed by atoms with E-state index in [1.165, 1.54) is 12.1 Å². The molecule has 41 heavy (non-hydrogen) atoms. The summed E-state index contributed by atoms with van der Waals surface area (Å²) in [6.45, 7) is 0.986. The second kappa shape index (κ2) is 12.6. The maximum atomic E-state index is 12.2. The van der Waals surface area contributed by atoms with Gasteiger partial charge in [-0.1, -0.05) is 24.3 Å². The number of nitrogens with zero attached hydrogens (tertiary/aromatic N) is 1. The van der Waals surface area contributed by atoms with Crippen molar-refractivity contribution in [3.63, 3.8) is 0 Å². The maximum absolute atomic E-state index is 12.2. The lowest BCUT2D eigenvalue weighted by atomic mass is 9.90. The van der Waals surface area contributed by atoms with Crippen LogP contribution in [0, 0.1) is 6.92 Å². The molecule has 0 aromatic heterocycles. The molecule has 0 bridgehead atoms. The fourth-order valence-electron chi connectivity index (χ4n) is 5.01. The smallest absolute Gasteiger partial charge is 0.320 e. The Morgan fingerprint density at radius 1 is 0.951 bits per heavy atom. The lowest BCUT2D eigenvalue weighted by Crippen LogP contribution is -2.46. The van der Waals surface area contributed by atoms with Crippen LogP contribution in [-0.2, 0) is 20.9 Å². The molecular weight excluding hydrogens is 532 g/mol. The average molecular weight is 563 g/mol. The van der Waals surface area contributed by atoms with Crippen LogP contribution in [0.15, 0.2) is 63.8 Å². The second-order valence-electron chi connectivity index (χ2n) is 9.76. The highest BCUT2D eigenvalue weighted by Gasteiger charge is 2.28. The minimum atomic E-state index is -1.33. The fourth-order valence-corrected chi connectivity index (χ4v) is 5.01. The molecule has 1 heterocycles. The molecule has 0 amide bonds. The number of nitrogens with one attached hydrogen (secondary N) is 1. The van der Waals surface area contributed by atoms with E-state index in [1.54, 1.807) is 18.2 Å². The Morgan fingerprint density at radius 3 is 2.32 bits per heavy atom. The van der Waals surface area contributed by atoms with Crippen LogP contribution in [0.4, 0.5) is 0 Å². The Bertz CT molecular complexity index is 1610. The molecule has 1 unspecified atom stereocenters. The molecule has 2 aromatic carbocycles. The standard InChI is InChI=1S/C30H30N2O9/c1-17-5-2-3-6-19(17)28-20-9-8-18(33)13-25(20)41-29-21(28)10-11-24(34)22(29)14-31-12-4-7-23(30(39)40)32(15-26(35)36)16-27(37)38/h2-3,5-6,8-11,13,23,31,34H,4,7,12,14-16H2,1H3,(H,35,36)(H,37,38)(H,39,40). The van der Waals surface area contributed by atoms with E-state index in [-0.39, 0.29) is 37.1 Å². The zero-order valence-electron chi connectivity index (χ0n) is 22.3. The van der Waals surface area contributed by atoms with E-state index in [0.717, 1.165) is 32.5 Å². The molecular formula is C30H30N2O9. The van der Waals surface area contributed by atoms with Gasteiger partial charge in [0, 0.05) is 29.1 Å². The molecule has 0 saturated carbocycles. The van der Waals surface area contributed by atoms with E-state index in [1.807, 2.05) is 31.2 Å². The van der Waals surface area contributed by atoms with Gasteiger partial charge in [0.15, 0.2) is 5.43 Å². The lowest BCUT2D eigenvalue weighted by Gasteiger charge is -2.25. The fraction of sp³-hybridized carbons (Fsp3) is 0.267. The van der Waals surface area contributed by atoms with Crippen molar-refractivity contribution in [2.24, 2.45) is 0 Å². The van der Waals surface area contributed by atoms with Crippen molar-refractivity contribution < 1.29 is 39.2 Å². The lowest BCUT2D eigenvalue weighted by molar-refractivity contribution is -0.149. The minimum absolute atomic E-state index is 0.00311. The molecule has 0 fully saturated rings. The van der Waals surface area contributed by atoms with Crippen molar-refractivity contribution in [2.75, 3.05) is 19.6 Å². The molecule has 0 saturated heterocycles. The molecule has 1 aliphatic heterocycles. The van der Waals surface area contributed by atoms with Gasteiger partial charge in [-0.05, 0) is 61.7 Å². The van der Waals surface area contributed by atoms with Gasteiger partial charge in [0.25, 0.3) is 0 Å².